The van der Waals surface area contributed by atoms with E-state index in [-0.39, 0.29) is 5.56 Å². The van der Waals surface area contributed by atoms with Crippen LogP contribution in [0.15, 0.2) is 12.1 Å². The van der Waals surface area contributed by atoms with Gasteiger partial charge in [0.1, 0.15) is 5.82 Å². The van der Waals surface area contributed by atoms with E-state index in [0.717, 1.165) is 6.07 Å². The lowest BCUT2D eigenvalue weighted by atomic mass is 10.1. The van der Waals surface area contributed by atoms with Gasteiger partial charge < -0.3 is 0 Å². The van der Waals surface area contributed by atoms with E-state index in [1.807, 2.05) is 0 Å². The average molecular weight is 296 g/mol. The number of hydrogen-bond acceptors (Lipinski definition) is 4. The van der Waals surface area contributed by atoms with E-state index in [1.54, 1.807) is 0 Å². The third-order valence-electron chi connectivity index (χ3n) is 2.10. The second kappa shape index (κ2) is 5.82. The number of rotatable bonds is 4. The van der Waals surface area contributed by atoms with Gasteiger partial charge in [-0.2, -0.15) is 13.2 Å². The predicted octanol–water partition coefficient (Wildman–Crippen LogP) is 2.27. The standard InChI is InChI=1S/C10H8F4N2O4/c1-5-2-6(16(18)19)3-7(8(5)11)9(17)15-20-4-10(12,13)14/h2-3H,4H2,1H3,(H,15,17). The predicted molar refractivity (Wildman–Crippen MR) is 57.3 cm³/mol. The molecular weight excluding hydrogens is 288 g/mol. The quantitative estimate of drug-likeness (QED) is 0.525. The number of nitro benzene ring substituents is 1. The highest BCUT2D eigenvalue weighted by Crippen LogP contribution is 2.21. The molecule has 1 N–H and O–H groups in total. The monoisotopic (exact) mass is 296 g/mol. The third kappa shape index (κ3) is 4.16. The first-order chi connectivity index (χ1) is 9.11. The summed E-state index contributed by atoms with van der Waals surface area (Å²) in [6.45, 7) is -0.593. The zero-order valence-corrected chi connectivity index (χ0v) is 9.95. The van der Waals surface area contributed by atoms with E-state index >= 15 is 0 Å². The fourth-order valence-corrected chi connectivity index (χ4v) is 1.26. The van der Waals surface area contributed by atoms with E-state index in [2.05, 4.69) is 4.84 Å². The fourth-order valence-electron chi connectivity index (χ4n) is 1.26. The largest absolute Gasteiger partial charge is 0.414 e. The van der Waals surface area contributed by atoms with Gasteiger partial charge >= 0.3 is 6.18 Å². The van der Waals surface area contributed by atoms with Crippen molar-refractivity contribution in [3.63, 3.8) is 0 Å². The van der Waals surface area contributed by atoms with Crippen LogP contribution in [0.3, 0.4) is 0 Å². The smallest absolute Gasteiger partial charge is 0.267 e. The summed E-state index contributed by atoms with van der Waals surface area (Å²) in [5, 5.41) is 10.6. The van der Waals surface area contributed by atoms with Crippen molar-refractivity contribution in [3.05, 3.63) is 39.2 Å². The molecule has 1 amide bonds. The molecule has 0 saturated carbocycles. The SMILES string of the molecule is Cc1cc([N+](=O)[O-])cc(C(=O)NOCC(F)(F)F)c1F. The van der Waals surface area contributed by atoms with Gasteiger partial charge in [-0.15, -0.1) is 0 Å². The number of carbonyl (C=O) groups is 1. The molecule has 1 rings (SSSR count). The number of nitro groups is 1. The van der Waals surface area contributed by atoms with Crippen LogP contribution in [0, 0.1) is 22.9 Å². The molecule has 0 spiro atoms. The topological polar surface area (TPSA) is 81.5 Å². The Kier molecular flexibility index (Phi) is 4.61. The molecule has 0 bridgehead atoms. The third-order valence-corrected chi connectivity index (χ3v) is 2.10. The van der Waals surface area contributed by atoms with Gasteiger partial charge in [-0.25, -0.2) is 9.87 Å². The van der Waals surface area contributed by atoms with Crippen molar-refractivity contribution in [1.29, 1.82) is 0 Å². The molecule has 0 heterocycles. The van der Waals surface area contributed by atoms with Crippen LogP contribution in [0.5, 0.6) is 0 Å². The van der Waals surface area contributed by atoms with Crippen molar-refractivity contribution in [2.24, 2.45) is 0 Å². The number of amides is 1. The van der Waals surface area contributed by atoms with E-state index in [1.165, 1.54) is 12.4 Å². The summed E-state index contributed by atoms with van der Waals surface area (Å²) in [5.41, 5.74) is -0.170. The van der Waals surface area contributed by atoms with Crippen LogP contribution in [0.1, 0.15) is 15.9 Å². The summed E-state index contributed by atoms with van der Waals surface area (Å²) in [4.78, 5) is 25.0. The number of hydrogen-bond donors (Lipinski definition) is 1. The van der Waals surface area contributed by atoms with Crippen LogP contribution in [-0.4, -0.2) is 23.6 Å². The van der Waals surface area contributed by atoms with Gasteiger partial charge in [0.05, 0.1) is 10.5 Å². The second-order valence-electron chi connectivity index (χ2n) is 3.72. The average Bonchev–Trinajstić information content (AvgIpc) is 2.30. The van der Waals surface area contributed by atoms with Crippen molar-refractivity contribution in [2.75, 3.05) is 6.61 Å². The Hall–Kier alpha value is -2.23. The highest BCUT2D eigenvalue weighted by molar-refractivity contribution is 5.94. The maximum Gasteiger partial charge on any atom is 0.414 e. The van der Waals surface area contributed by atoms with Crippen molar-refractivity contribution < 1.29 is 32.1 Å². The zero-order chi connectivity index (χ0) is 15.5. The lowest BCUT2D eigenvalue weighted by molar-refractivity contribution is -0.385. The van der Waals surface area contributed by atoms with Crippen LogP contribution in [-0.2, 0) is 4.84 Å². The first kappa shape index (κ1) is 15.8. The Morgan fingerprint density at radius 3 is 2.55 bits per heavy atom. The fraction of sp³-hybridized carbons (Fsp3) is 0.300. The first-order valence-electron chi connectivity index (χ1n) is 5.05. The van der Waals surface area contributed by atoms with Crippen LogP contribution in [0.25, 0.3) is 0 Å². The number of nitrogens with zero attached hydrogens (tertiary/aromatic N) is 1. The summed E-state index contributed by atoms with van der Waals surface area (Å²) in [6.07, 6.45) is -4.68. The summed E-state index contributed by atoms with van der Waals surface area (Å²) in [6, 6.07) is 1.50. The molecule has 1 aromatic carbocycles. The van der Waals surface area contributed by atoms with Crippen LogP contribution >= 0.6 is 0 Å². The molecule has 20 heavy (non-hydrogen) atoms. The molecule has 0 atom stereocenters. The van der Waals surface area contributed by atoms with E-state index in [9.17, 15) is 32.5 Å². The minimum absolute atomic E-state index is 0.194. The molecule has 0 radical (unpaired) electrons. The van der Waals surface area contributed by atoms with Gasteiger partial charge in [-0.3, -0.25) is 19.7 Å². The van der Waals surface area contributed by atoms with Crippen LogP contribution in [0.4, 0.5) is 23.2 Å². The molecule has 0 aliphatic heterocycles. The van der Waals surface area contributed by atoms with Crippen LogP contribution in [0.2, 0.25) is 0 Å². The number of nitrogens with one attached hydrogen (secondary N) is 1. The summed E-state index contributed by atoms with van der Waals surface area (Å²) in [7, 11) is 0. The molecule has 1 aromatic rings. The summed E-state index contributed by atoms with van der Waals surface area (Å²) < 4.78 is 48.9. The molecule has 0 aliphatic rings. The van der Waals surface area contributed by atoms with Crippen molar-refractivity contribution in [2.45, 2.75) is 13.1 Å². The van der Waals surface area contributed by atoms with Gasteiger partial charge in [0.2, 0.25) is 0 Å². The lowest BCUT2D eigenvalue weighted by Crippen LogP contribution is -2.30. The van der Waals surface area contributed by atoms with Crippen molar-refractivity contribution >= 4 is 11.6 Å². The summed E-state index contributed by atoms with van der Waals surface area (Å²) in [5.74, 6) is -2.43. The molecule has 0 saturated heterocycles. The number of non-ortho nitro benzene ring substituents is 1. The number of benzene rings is 1. The molecular formula is C10H8F4N2O4. The lowest BCUT2D eigenvalue weighted by Gasteiger charge is -2.09. The van der Waals surface area contributed by atoms with Crippen LogP contribution < -0.4 is 5.48 Å². The first-order valence-corrected chi connectivity index (χ1v) is 5.05. The van der Waals surface area contributed by atoms with Gasteiger partial charge in [0.15, 0.2) is 6.61 Å². The van der Waals surface area contributed by atoms with Crippen molar-refractivity contribution in [1.82, 2.24) is 5.48 Å². The van der Waals surface area contributed by atoms with Gasteiger partial charge in [-0.1, -0.05) is 0 Å². The number of halogens is 4. The minimum atomic E-state index is -4.68. The Morgan fingerprint density at radius 2 is 2.05 bits per heavy atom. The van der Waals surface area contributed by atoms with Gasteiger partial charge in [-0.05, 0) is 12.5 Å². The Morgan fingerprint density at radius 1 is 1.45 bits per heavy atom. The normalized spacial score (nSPS) is 11.2. The minimum Gasteiger partial charge on any atom is -0.267 e. The maximum absolute atomic E-state index is 13.6. The number of aryl methyl sites for hydroxylation is 1. The van der Waals surface area contributed by atoms with E-state index in [0.29, 0.717) is 6.07 Å². The molecule has 0 aliphatic carbocycles. The number of alkyl halides is 3. The molecule has 0 aromatic heterocycles. The molecule has 6 nitrogen and oxygen atoms in total. The molecule has 110 valence electrons. The second-order valence-corrected chi connectivity index (χ2v) is 3.72. The zero-order valence-electron chi connectivity index (χ0n) is 9.95. The van der Waals surface area contributed by atoms with Crippen molar-refractivity contribution in [3.8, 4) is 0 Å². The highest BCUT2D eigenvalue weighted by Gasteiger charge is 2.29. The summed E-state index contributed by atoms with van der Waals surface area (Å²) >= 11 is 0. The van der Waals surface area contributed by atoms with E-state index in [4.69, 9.17) is 0 Å². The Bertz CT molecular complexity index is 545. The molecule has 0 fully saturated rings. The Labute approximate surface area is 109 Å². The highest BCUT2D eigenvalue weighted by atomic mass is 19.4. The Balaban J connectivity index is 2.90. The number of carbonyl (C=O) groups excluding carboxylic acids is 1. The van der Waals surface area contributed by atoms with Gasteiger partial charge in [0.25, 0.3) is 11.6 Å². The van der Waals surface area contributed by atoms with Gasteiger partial charge in [0, 0.05) is 12.1 Å². The molecule has 10 heteroatoms. The van der Waals surface area contributed by atoms with E-state index < -0.39 is 40.7 Å². The molecule has 0 unspecified atom stereocenters. The maximum atomic E-state index is 13.6. The number of hydroxylamine groups is 1.